The van der Waals surface area contributed by atoms with E-state index in [1.54, 1.807) is 0 Å². The molecule has 1 nitrogen and oxygen atoms in total. The fourth-order valence-electron chi connectivity index (χ4n) is 1.85. The lowest BCUT2D eigenvalue weighted by atomic mass is 9.82. The van der Waals surface area contributed by atoms with Crippen LogP contribution < -0.4 is 0 Å². The predicted molar refractivity (Wildman–Crippen MR) is 70.2 cm³/mol. The Balaban J connectivity index is 4.18. The molecule has 0 saturated heterocycles. The minimum atomic E-state index is 0.437. The summed E-state index contributed by atoms with van der Waals surface area (Å²) in [6.07, 6.45) is 3.91. The SMILES string of the molecule is CN(C)C(CCC(C)(C)C)CC(C)(C)C. The third-order valence-electron chi connectivity index (χ3n) is 2.81. The lowest BCUT2D eigenvalue weighted by molar-refractivity contribution is 0.179. The molecule has 1 unspecified atom stereocenters. The summed E-state index contributed by atoms with van der Waals surface area (Å²) in [6, 6.07) is 0.726. The van der Waals surface area contributed by atoms with Gasteiger partial charge in [-0.3, -0.25) is 0 Å². The van der Waals surface area contributed by atoms with Gasteiger partial charge in [0.25, 0.3) is 0 Å². The van der Waals surface area contributed by atoms with Gasteiger partial charge in [-0.1, -0.05) is 41.5 Å². The summed E-state index contributed by atoms with van der Waals surface area (Å²) >= 11 is 0. The van der Waals surface area contributed by atoms with Gasteiger partial charge in [-0.05, 0) is 44.2 Å². The Morgan fingerprint density at radius 3 is 1.60 bits per heavy atom. The first-order chi connectivity index (χ1) is 6.51. The second-order valence-corrected chi connectivity index (χ2v) is 7.48. The molecule has 0 fully saturated rings. The van der Waals surface area contributed by atoms with Crippen molar-refractivity contribution in [3.05, 3.63) is 0 Å². The fraction of sp³-hybridized carbons (Fsp3) is 1.00. The third kappa shape index (κ3) is 8.92. The Morgan fingerprint density at radius 1 is 0.867 bits per heavy atom. The van der Waals surface area contributed by atoms with Gasteiger partial charge in [-0.25, -0.2) is 0 Å². The van der Waals surface area contributed by atoms with Gasteiger partial charge in [0.1, 0.15) is 0 Å². The zero-order valence-electron chi connectivity index (χ0n) is 12.1. The Morgan fingerprint density at radius 2 is 1.33 bits per heavy atom. The zero-order chi connectivity index (χ0) is 12.3. The van der Waals surface area contributed by atoms with Gasteiger partial charge in [-0.2, -0.15) is 0 Å². The summed E-state index contributed by atoms with van der Waals surface area (Å²) in [4.78, 5) is 2.39. The molecule has 0 radical (unpaired) electrons. The lowest BCUT2D eigenvalue weighted by Gasteiger charge is -2.32. The monoisotopic (exact) mass is 213 g/mol. The van der Waals surface area contributed by atoms with Crippen molar-refractivity contribution in [1.29, 1.82) is 0 Å². The van der Waals surface area contributed by atoms with E-state index in [1.165, 1.54) is 19.3 Å². The summed E-state index contributed by atoms with van der Waals surface area (Å²) < 4.78 is 0. The van der Waals surface area contributed by atoms with Gasteiger partial charge in [0, 0.05) is 6.04 Å². The molecule has 1 heteroatoms. The van der Waals surface area contributed by atoms with E-state index >= 15 is 0 Å². The van der Waals surface area contributed by atoms with Crippen molar-refractivity contribution < 1.29 is 0 Å². The summed E-state index contributed by atoms with van der Waals surface area (Å²) in [5.74, 6) is 0. The molecule has 0 aromatic heterocycles. The van der Waals surface area contributed by atoms with Crippen molar-refractivity contribution in [1.82, 2.24) is 4.90 Å². The lowest BCUT2D eigenvalue weighted by Crippen LogP contribution is -2.32. The molecule has 92 valence electrons. The molecule has 0 aromatic rings. The van der Waals surface area contributed by atoms with Crippen LogP contribution in [0.2, 0.25) is 0 Å². The van der Waals surface area contributed by atoms with E-state index in [4.69, 9.17) is 0 Å². The van der Waals surface area contributed by atoms with Crippen molar-refractivity contribution in [3.63, 3.8) is 0 Å². The number of hydrogen-bond acceptors (Lipinski definition) is 1. The Hall–Kier alpha value is -0.0400. The normalized spacial score (nSPS) is 15.8. The van der Waals surface area contributed by atoms with Crippen molar-refractivity contribution in [3.8, 4) is 0 Å². The maximum Gasteiger partial charge on any atom is 0.00943 e. The Bertz CT molecular complexity index is 169. The van der Waals surface area contributed by atoms with Gasteiger partial charge in [-0.15, -0.1) is 0 Å². The van der Waals surface area contributed by atoms with Crippen molar-refractivity contribution >= 4 is 0 Å². The van der Waals surface area contributed by atoms with E-state index in [9.17, 15) is 0 Å². The van der Waals surface area contributed by atoms with E-state index in [0.717, 1.165) is 6.04 Å². The van der Waals surface area contributed by atoms with Crippen LogP contribution in [0.3, 0.4) is 0 Å². The molecule has 0 rings (SSSR count). The van der Waals surface area contributed by atoms with Crippen LogP contribution in [0.1, 0.15) is 60.8 Å². The van der Waals surface area contributed by atoms with E-state index in [0.29, 0.717) is 10.8 Å². The highest BCUT2D eigenvalue weighted by atomic mass is 15.1. The van der Waals surface area contributed by atoms with Crippen molar-refractivity contribution in [2.24, 2.45) is 10.8 Å². The van der Waals surface area contributed by atoms with Crippen LogP contribution in [-0.2, 0) is 0 Å². The van der Waals surface area contributed by atoms with Crippen LogP contribution in [-0.4, -0.2) is 25.0 Å². The minimum absolute atomic E-state index is 0.437. The van der Waals surface area contributed by atoms with Crippen LogP contribution in [0.4, 0.5) is 0 Å². The first-order valence-electron chi connectivity index (χ1n) is 6.18. The first-order valence-corrected chi connectivity index (χ1v) is 6.18. The highest BCUT2D eigenvalue weighted by molar-refractivity contribution is 4.76. The van der Waals surface area contributed by atoms with Gasteiger partial charge >= 0.3 is 0 Å². The maximum absolute atomic E-state index is 2.39. The molecular formula is C14H31N. The van der Waals surface area contributed by atoms with E-state index in [2.05, 4.69) is 60.5 Å². The van der Waals surface area contributed by atoms with Crippen LogP contribution >= 0.6 is 0 Å². The first kappa shape index (κ1) is 15.0. The minimum Gasteiger partial charge on any atom is -0.306 e. The number of rotatable bonds is 4. The number of hydrogen-bond donors (Lipinski definition) is 0. The van der Waals surface area contributed by atoms with Crippen molar-refractivity contribution in [2.45, 2.75) is 66.8 Å². The largest absolute Gasteiger partial charge is 0.306 e. The molecule has 0 aliphatic rings. The molecule has 0 spiro atoms. The molecule has 0 aliphatic heterocycles. The maximum atomic E-state index is 2.39. The average Bonchev–Trinajstić information content (AvgIpc) is 1.93. The quantitative estimate of drug-likeness (QED) is 0.677. The summed E-state index contributed by atoms with van der Waals surface area (Å²) in [7, 11) is 4.41. The molecule has 0 heterocycles. The Kier molecular flexibility index (Phi) is 5.32. The van der Waals surface area contributed by atoms with E-state index < -0.39 is 0 Å². The summed E-state index contributed by atoms with van der Waals surface area (Å²) in [5.41, 5.74) is 0.902. The predicted octanol–water partition coefficient (Wildman–Crippen LogP) is 4.18. The number of nitrogens with zero attached hydrogens (tertiary/aromatic N) is 1. The highest BCUT2D eigenvalue weighted by Gasteiger charge is 2.22. The fourth-order valence-corrected chi connectivity index (χ4v) is 1.85. The molecule has 0 aliphatic carbocycles. The smallest absolute Gasteiger partial charge is 0.00943 e. The van der Waals surface area contributed by atoms with Crippen LogP contribution in [0.15, 0.2) is 0 Å². The molecule has 0 saturated carbocycles. The van der Waals surface area contributed by atoms with Gasteiger partial charge < -0.3 is 4.90 Å². The second-order valence-electron chi connectivity index (χ2n) is 7.48. The molecular weight excluding hydrogens is 182 g/mol. The summed E-state index contributed by atoms with van der Waals surface area (Å²) in [6.45, 7) is 14.0. The van der Waals surface area contributed by atoms with Gasteiger partial charge in [0.2, 0.25) is 0 Å². The molecule has 0 aromatic carbocycles. The standard InChI is InChI=1S/C14H31N/c1-13(2,3)10-9-12(15(7)8)11-14(4,5)6/h12H,9-11H2,1-8H3. The topological polar surface area (TPSA) is 3.24 Å². The molecule has 0 amide bonds. The highest BCUT2D eigenvalue weighted by Crippen LogP contribution is 2.29. The van der Waals surface area contributed by atoms with Gasteiger partial charge in [0.15, 0.2) is 0 Å². The third-order valence-corrected chi connectivity index (χ3v) is 2.81. The molecule has 15 heavy (non-hydrogen) atoms. The Labute approximate surface area is 97.2 Å². The summed E-state index contributed by atoms with van der Waals surface area (Å²) in [5, 5.41) is 0. The van der Waals surface area contributed by atoms with Crippen LogP contribution in [0.25, 0.3) is 0 Å². The zero-order valence-corrected chi connectivity index (χ0v) is 12.1. The van der Waals surface area contributed by atoms with Gasteiger partial charge in [0.05, 0.1) is 0 Å². The van der Waals surface area contributed by atoms with E-state index in [-0.39, 0.29) is 0 Å². The molecule has 0 bridgehead atoms. The van der Waals surface area contributed by atoms with Crippen LogP contribution in [0, 0.1) is 10.8 Å². The average molecular weight is 213 g/mol. The molecule has 0 N–H and O–H groups in total. The molecule has 1 atom stereocenters. The second kappa shape index (κ2) is 5.34. The van der Waals surface area contributed by atoms with Crippen LogP contribution in [0.5, 0.6) is 0 Å². The van der Waals surface area contributed by atoms with E-state index in [1.807, 2.05) is 0 Å². The van der Waals surface area contributed by atoms with Crippen molar-refractivity contribution in [2.75, 3.05) is 14.1 Å².